The maximum atomic E-state index is 12.1. The molecule has 3 aromatic rings. The molecule has 0 aliphatic rings. The topological polar surface area (TPSA) is 62.7 Å². The molecule has 126 valence electrons. The fourth-order valence-electron chi connectivity index (χ4n) is 3.05. The predicted molar refractivity (Wildman–Crippen MR) is 96.1 cm³/mol. The first-order valence-electron chi connectivity index (χ1n) is 8.38. The van der Waals surface area contributed by atoms with E-state index in [1.165, 1.54) is 16.6 Å². The monoisotopic (exact) mass is 324 g/mol. The molecule has 2 heterocycles. The van der Waals surface area contributed by atoms with Crippen LogP contribution in [0.1, 0.15) is 29.1 Å². The van der Waals surface area contributed by atoms with Gasteiger partial charge in [0.05, 0.1) is 5.69 Å². The Morgan fingerprint density at radius 2 is 2.04 bits per heavy atom. The van der Waals surface area contributed by atoms with Gasteiger partial charge in [0.15, 0.2) is 0 Å². The van der Waals surface area contributed by atoms with Gasteiger partial charge in [0.1, 0.15) is 0 Å². The van der Waals surface area contributed by atoms with Crippen molar-refractivity contribution in [1.29, 1.82) is 0 Å². The molecule has 0 aliphatic carbocycles. The number of carbonyl (C=O) groups is 1. The van der Waals surface area contributed by atoms with E-state index in [0.29, 0.717) is 19.4 Å². The van der Waals surface area contributed by atoms with E-state index in [-0.39, 0.29) is 5.91 Å². The minimum absolute atomic E-state index is 0.0733. The zero-order valence-electron chi connectivity index (χ0n) is 14.5. The molecule has 0 saturated carbocycles. The summed E-state index contributed by atoms with van der Waals surface area (Å²) in [6.45, 7) is 7.55. The van der Waals surface area contributed by atoms with Gasteiger partial charge in [-0.15, -0.1) is 0 Å². The van der Waals surface area contributed by atoms with Crippen LogP contribution in [0.4, 0.5) is 0 Å². The molecule has 1 amide bonds. The van der Waals surface area contributed by atoms with Gasteiger partial charge in [0.2, 0.25) is 5.91 Å². The Morgan fingerprint density at radius 1 is 1.25 bits per heavy atom. The SMILES string of the molecule is Cc1[nH]nc(CCC(=O)NCCn2c(C)cc3ccccc32)c1C. The Morgan fingerprint density at radius 3 is 2.79 bits per heavy atom. The van der Waals surface area contributed by atoms with Gasteiger partial charge >= 0.3 is 0 Å². The van der Waals surface area contributed by atoms with Crippen molar-refractivity contribution in [3.63, 3.8) is 0 Å². The number of H-pyrrole nitrogens is 1. The van der Waals surface area contributed by atoms with Gasteiger partial charge in [-0.25, -0.2) is 0 Å². The smallest absolute Gasteiger partial charge is 0.220 e. The van der Waals surface area contributed by atoms with Gasteiger partial charge in [-0.2, -0.15) is 5.10 Å². The lowest BCUT2D eigenvalue weighted by Crippen LogP contribution is -2.27. The lowest BCUT2D eigenvalue weighted by atomic mass is 10.1. The highest BCUT2D eigenvalue weighted by molar-refractivity contribution is 5.81. The number of carbonyl (C=O) groups excluding carboxylic acids is 1. The van der Waals surface area contributed by atoms with E-state index >= 15 is 0 Å². The number of amides is 1. The molecule has 0 spiro atoms. The van der Waals surface area contributed by atoms with E-state index in [4.69, 9.17) is 0 Å². The second kappa shape index (κ2) is 6.91. The van der Waals surface area contributed by atoms with E-state index in [1.54, 1.807) is 0 Å². The number of aromatic nitrogens is 3. The number of aromatic amines is 1. The van der Waals surface area contributed by atoms with Crippen LogP contribution in [-0.2, 0) is 17.8 Å². The molecule has 0 saturated heterocycles. The summed E-state index contributed by atoms with van der Waals surface area (Å²) >= 11 is 0. The number of hydrogen-bond donors (Lipinski definition) is 2. The second-order valence-electron chi connectivity index (χ2n) is 6.27. The summed E-state index contributed by atoms with van der Waals surface area (Å²) in [6, 6.07) is 10.5. The summed E-state index contributed by atoms with van der Waals surface area (Å²) in [5.41, 5.74) is 5.63. The minimum Gasteiger partial charge on any atom is -0.354 e. The minimum atomic E-state index is 0.0733. The molecule has 2 aromatic heterocycles. The molecule has 24 heavy (non-hydrogen) atoms. The van der Waals surface area contributed by atoms with Crippen molar-refractivity contribution in [2.24, 2.45) is 0 Å². The number of nitrogens with one attached hydrogen (secondary N) is 2. The summed E-state index contributed by atoms with van der Waals surface area (Å²) in [4.78, 5) is 12.1. The normalized spacial score (nSPS) is 11.1. The summed E-state index contributed by atoms with van der Waals surface area (Å²) in [6.07, 6.45) is 1.14. The summed E-state index contributed by atoms with van der Waals surface area (Å²) in [7, 11) is 0. The van der Waals surface area contributed by atoms with Crippen LogP contribution in [0.25, 0.3) is 10.9 Å². The highest BCUT2D eigenvalue weighted by atomic mass is 16.1. The van der Waals surface area contributed by atoms with Crippen LogP contribution in [0.5, 0.6) is 0 Å². The molecule has 2 N–H and O–H groups in total. The molecule has 1 aromatic carbocycles. The van der Waals surface area contributed by atoms with Crippen molar-refractivity contribution < 1.29 is 4.79 Å². The van der Waals surface area contributed by atoms with Crippen molar-refractivity contribution in [2.75, 3.05) is 6.54 Å². The third kappa shape index (κ3) is 3.35. The van der Waals surface area contributed by atoms with Crippen molar-refractivity contribution in [2.45, 2.75) is 40.2 Å². The largest absolute Gasteiger partial charge is 0.354 e. The Labute approximate surface area is 142 Å². The van der Waals surface area contributed by atoms with E-state index in [1.807, 2.05) is 26.0 Å². The molecule has 3 rings (SSSR count). The third-order valence-corrected chi connectivity index (χ3v) is 4.62. The average Bonchev–Trinajstić information content (AvgIpc) is 3.06. The first-order chi connectivity index (χ1) is 11.6. The second-order valence-corrected chi connectivity index (χ2v) is 6.27. The number of fused-ring (bicyclic) bond motifs is 1. The number of hydrogen-bond acceptors (Lipinski definition) is 2. The van der Waals surface area contributed by atoms with Crippen LogP contribution in [0.3, 0.4) is 0 Å². The summed E-state index contributed by atoms with van der Waals surface area (Å²) < 4.78 is 2.25. The molecule has 0 aliphatic heterocycles. The van der Waals surface area contributed by atoms with Crippen molar-refractivity contribution >= 4 is 16.8 Å². The number of benzene rings is 1. The summed E-state index contributed by atoms with van der Waals surface area (Å²) in [5.74, 6) is 0.0733. The number of aryl methyl sites for hydroxylation is 3. The zero-order chi connectivity index (χ0) is 17.1. The fraction of sp³-hybridized carbons (Fsp3) is 0.368. The van der Waals surface area contributed by atoms with Crippen LogP contribution in [0, 0.1) is 20.8 Å². The molecule has 0 unspecified atom stereocenters. The van der Waals surface area contributed by atoms with Crippen LogP contribution < -0.4 is 5.32 Å². The van der Waals surface area contributed by atoms with Gasteiger partial charge < -0.3 is 9.88 Å². The number of rotatable bonds is 6. The molecule has 0 atom stereocenters. The number of nitrogens with zero attached hydrogens (tertiary/aromatic N) is 2. The van der Waals surface area contributed by atoms with Gasteiger partial charge in [-0.1, -0.05) is 18.2 Å². The van der Waals surface area contributed by atoms with Crippen LogP contribution >= 0.6 is 0 Å². The predicted octanol–water partition coefficient (Wildman–Crippen LogP) is 3.04. The molecule has 0 bridgehead atoms. The molecular formula is C19H24N4O. The van der Waals surface area contributed by atoms with E-state index in [9.17, 15) is 4.79 Å². The van der Waals surface area contributed by atoms with Crippen molar-refractivity contribution in [1.82, 2.24) is 20.1 Å². The van der Waals surface area contributed by atoms with Gasteiger partial charge in [-0.3, -0.25) is 9.89 Å². The quantitative estimate of drug-likeness (QED) is 0.732. The maximum Gasteiger partial charge on any atom is 0.220 e. The molecule has 5 nitrogen and oxygen atoms in total. The van der Waals surface area contributed by atoms with Gasteiger partial charge in [-0.05, 0) is 43.9 Å². The zero-order valence-corrected chi connectivity index (χ0v) is 14.5. The van der Waals surface area contributed by atoms with Gasteiger partial charge in [0.25, 0.3) is 0 Å². The Hall–Kier alpha value is -2.56. The van der Waals surface area contributed by atoms with Crippen molar-refractivity contribution in [3.8, 4) is 0 Å². The highest BCUT2D eigenvalue weighted by Crippen LogP contribution is 2.18. The lowest BCUT2D eigenvalue weighted by Gasteiger charge is -2.09. The number of para-hydroxylation sites is 1. The average molecular weight is 324 g/mol. The fourth-order valence-corrected chi connectivity index (χ4v) is 3.05. The van der Waals surface area contributed by atoms with E-state index in [2.05, 4.69) is 45.2 Å². The molecule has 0 fully saturated rings. The van der Waals surface area contributed by atoms with E-state index < -0.39 is 0 Å². The maximum absolute atomic E-state index is 12.1. The highest BCUT2D eigenvalue weighted by Gasteiger charge is 2.09. The Bertz CT molecular complexity index is 860. The third-order valence-electron chi connectivity index (χ3n) is 4.62. The van der Waals surface area contributed by atoms with Gasteiger partial charge in [0, 0.05) is 42.8 Å². The first-order valence-corrected chi connectivity index (χ1v) is 8.38. The van der Waals surface area contributed by atoms with Crippen LogP contribution in [0.15, 0.2) is 30.3 Å². The molecular weight excluding hydrogens is 300 g/mol. The van der Waals surface area contributed by atoms with Crippen LogP contribution in [0.2, 0.25) is 0 Å². The standard InChI is InChI=1S/C19H24N4O/c1-13-12-16-6-4-5-7-18(16)23(13)11-10-20-19(24)9-8-17-14(2)15(3)21-22-17/h4-7,12H,8-11H2,1-3H3,(H,20,24)(H,21,22). The van der Waals surface area contributed by atoms with Crippen LogP contribution in [-0.4, -0.2) is 27.2 Å². The lowest BCUT2D eigenvalue weighted by molar-refractivity contribution is -0.121. The summed E-state index contributed by atoms with van der Waals surface area (Å²) in [5, 5.41) is 11.5. The molecule has 0 radical (unpaired) electrons. The van der Waals surface area contributed by atoms with E-state index in [0.717, 1.165) is 23.5 Å². The first kappa shape index (κ1) is 16.3. The van der Waals surface area contributed by atoms with Crippen molar-refractivity contribution in [3.05, 3.63) is 53.0 Å². The molecule has 5 heteroatoms. The Kier molecular flexibility index (Phi) is 4.69. The Balaban J connectivity index is 1.51.